The first-order valence-electron chi connectivity index (χ1n) is 6.61. The number of alkyl halides is 3. The molecule has 0 unspecified atom stereocenters. The highest BCUT2D eigenvalue weighted by atomic mass is 19.4. The number of carbonyl (C=O) groups excluding carboxylic acids is 1. The van der Waals surface area contributed by atoms with E-state index in [0.717, 1.165) is 25.9 Å². The number of β-amino-alcohol motifs (C(OH)–C–C–N with tert-alkyl or cyclic N) is 1. The molecule has 1 saturated heterocycles. The average molecular weight is 282 g/mol. The lowest BCUT2D eigenvalue weighted by atomic mass is 10.1. The molecule has 112 valence electrons. The molecule has 1 fully saturated rings. The number of aliphatic hydroxyl groups excluding tert-OH is 1. The fraction of sp³-hybridized carbons (Fsp3) is 0.917. The predicted molar refractivity (Wildman–Crippen MR) is 64.6 cm³/mol. The minimum Gasteiger partial charge on any atom is -0.392 e. The van der Waals surface area contributed by atoms with Gasteiger partial charge in [0.15, 0.2) is 0 Å². The monoisotopic (exact) mass is 282 g/mol. The van der Waals surface area contributed by atoms with E-state index in [1.165, 1.54) is 0 Å². The fourth-order valence-electron chi connectivity index (χ4n) is 2.11. The number of hydrogen-bond acceptors (Lipinski definition) is 3. The highest BCUT2D eigenvalue weighted by Crippen LogP contribution is 2.20. The first-order chi connectivity index (χ1) is 8.87. The molecule has 1 amide bonds. The summed E-state index contributed by atoms with van der Waals surface area (Å²) in [6, 6.07) is 0. The number of piperidine rings is 1. The second-order valence-electron chi connectivity index (χ2n) is 4.92. The summed E-state index contributed by atoms with van der Waals surface area (Å²) < 4.78 is 35.6. The summed E-state index contributed by atoms with van der Waals surface area (Å²) in [6.07, 6.45) is -3.67. The quantitative estimate of drug-likeness (QED) is 0.722. The molecule has 0 saturated carbocycles. The lowest BCUT2D eigenvalue weighted by molar-refractivity contribution is -0.144. The third-order valence-electron chi connectivity index (χ3n) is 3.09. The minimum atomic E-state index is -4.28. The number of aliphatic hydroxyl groups is 1. The molecule has 0 aromatic carbocycles. The van der Waals surface area contributed by atoms with Crippen molar-refractivity contribution >= 4 is 5.91 Å². The van der Waals surface area contributed by atoms with Crippen LogP contribution in [-0.4, -0.2) is 54.4 Å². The molecule has 1 aliphatic rings. The van der Waals surface area contributed by atoms with Crippen molar-refractivity contribution in [3.63, 3.8) is 0 Å². The van der Waals surface area contributed by atoms with Gasteiger partial charge in [-0.25, -0.2) is 0 Å². The summed E-state index contributed by atoms with van der Waals surface area (Å²) in [7, 11) is 0. The van der Waals surface area contributed by atoms with Crippen molar-refractivity contribution in [1.29, 1.82) is 0 Å². The molecule has 1 heterocycles. The first kappa shape index (κ1) is 16.2. The lowest BCUT2D eigenvalue weighted by Crippen LogP contribution is -2.39. The molecule has 0 bridgehead atoms. The van der Waals surface area contributed by atoms with Crippen molar-refractivity contribution in [3.8, 4) is 0 Å². The predicted octanol–water partition coefficient (Wildman–Crippen LogP) is 1.29. The van der Waals surface area contributed by atoms with Crippen molar-refractivity contribution in [2.75, 3.05) is 26.2 Å². The first-order valence-corrected chi connectivity index (χ1v) is 6.61. The Balaban J connectivity index is 2.02. The second-order valence-corrected chi connectivity index (χ2v) is 4.92. The van der Waals surface area contributed by atoms with Gasteiger partial charge in [0.1, 0.15) is 0 Å². The molecule has 4 nitrogen and oxygen atoms in total. The molecule has 0 aromatic heterocycles. The SMILES string of the molecule is O=C(CCC(F)(F)F)NCCCN1CCC[C@H](O)C1. The van der Waals surface area contributed by atoms with Crippen LogP contribution in [0.3, 0.4) is 0 Å². The molecule has 0 spiro atoms. The maximum atomic E-state index is 11.9. The number of amides is 1. The van der Waals surface area contributed by atoms with Gasteiger partial charge in [0, 0.05) is 19.5 Å². The van der Waals surface area contributed by atoms with Gasteiger partial charge in [0.25, 0.3) is 0 Å². The minimum absolute atomic E-state index is 0.282. The van der Waals surface area contributed by atoms with E-state index in [9.17, 15) is 23.1 Å². The van der Waals surface area contributed by atoms with E-state index >= 15 is 0 Å². The van der Waals surface area contributed by atoms with Crippen molar-refractivity contribution in [3.05, 3.63) is 0 Å². The van der Waals surface area contributed by atoms with Crippen molar-refractivity contribution < 1.29 is 23.1 Å². The molecule has 7 heteroatoms. The largest absolute Gasteiger partial charge is 0.392 e. The van der Waals surface area contributed by atoms with Crippen LogP contribution in [0.25, 0.3) is 0 Å². The van der Waals surface area contributed by atoms with Crippen LogP contribution in [0.1, 0.15) is 32.1 Å². The summed E-state index contributed by atoms with van der Waals surface area (Å²) in [5.74, 6) is -0.559. The van der Waals surface area contributed by atoms with Gasteiger partial charge in [0.2, 0.25) is 5.91 Å². The van der Waals surface area contributed by atoms with Crippen LogP contribution in [-0.2, 0) is 4.79 Å². The zero-order valence-electron chi connectivity index (χ0n) is 10.9. The van der Waals surface area contributed by atoms with Gasteiger partial charge >= 0.3 is 6.18 Å². The molecule has 1 rings (SSSR count). The number of hydrogen-bond donors (Lipinski definition) is 2. The Kier molecular flexibility index (Phi) is 6.57. The van der Waals surface area contributed by atoms with E-state index < -0.39 is 24.9 Å². The van der Waals surface area contributed by atoms with Crippen molar-refractivity contribution in [2.24, 2.45) is 0 Å². The van der Waals surface area contributed by atoms with Gasteiger partial charge in [-0.3, -0.25) is 4.79 Å². The van der Waals surface area contributed by atoms with E-state index in [2.05, 4.69) is 10.2 Å². The second kappa shape index (κ2) is 7.69. The molecule has 0 radical (unpaired) electrons. The highest BCUT2D eigenvalue weighted by Gasteiger charge is 2.27. The van der Waals surface area contributed by atoms with Crippen LogP contribution in [0.2, 0.25) is 0 Å². The standard InChI is InChI=1S/C12H21F3N2O2/c13-12(14,15)5-4-11(19)16-6-2-8-17-7-1-3-10(18)9-17/h10,18H,1-9H2,(H,16,19)/t10-/m0/s1. The van der Waals surface area contributed by atoms with E-state index in [1.54, 1.807) is 0 Å². The van der Waals surface area contributed by atoms with Crippen LogP contribution in [0.4, 0.5) is 13.2 Å². The summed E-state index contributed by atoms with van der Waals surface area (Å²) in [5.41, 5.74) is 0. The normalized spacial score (nSPS) is 21.4. The summed E-state index contributed by atoms with van der Waals surface area (Å²) >= 11 is 0. The molecular formula is C12H21F3N2O2. The van der Waals surface area contributed by atoms with Gasteiger partial charge in [-0.2, -0.15) is 13.2 Å². The number of rotatable bonds is 6. The van der Waals surface area contributed by atoms with Crippen LogP contribution < -0.4 is 5.32 Å². The Bertz CT molecular complexity index is 285. The van der Waals surface area contributed by atoms with Gasteiger partial charge in [0.05, 0.1) is 12.5 Å². The molecule has 1 atom stereocenters. The van der Waals surface area contributed by atoms with E-state index in [-0.39, 0.29) is 6.10 Å². The van der Waals surface area contributed by atoms with Crippen LogP contribution in [0.5, 0.6) is 0 Å². The zero-order chi connectivity index (χ0) is 14.3. The Morgan fingerprint density at radius 3 is 2.79 bits per heavy atom. The van der Waals surface area contributed by atoms with Gasteiger partial charge in [-0.15, -0.1) is 0 Å². The Hall–Kier alpha value is -0.820. The molecule has 1 aliphatic heterocycles. The third-order valence-corrected chi connectivity index (χ3v) is 3.09. The fourth-order valence-corrected chi connectivity index (χ4v) is 2.11. The van der Waals surface area contributed by atoms with E-state index in [0.29, 0.717) is 19.5 Å². The zero-order valence-corrected chi connectivity index (χ0v) is 10.9. The Morgan fingerprint density at radius 2 is 2.16 bits per heavy atom. The number of likely N-dealkylation sites (tertiary alicyclic amines) is 1. The van der Waals surface area contributed by atoms with Crippen molar-refractivity contribution in [2.45, 2.75) is 44.4 Å². The van der Waals surface area contributed by atoms with Crippen LogP contribution >= 0.6 is 0 Å². The van der Waals surface area contributed by atoms with Gasteiger partial charge in [-0.1, -0.05) is 0 Å². The van der Waals surface area contributed by atoms with E-state index in [4.69, 9.17) is 0 Å². The highest BCUT2D eigenvalue weighted by molar-refractivity contribution is 5.75. The van der Waals surface area contributed by atoms with Crippen molar-refractivity contribution in [1.82, 2.24) is 10.2 Å². The average Bonchev–Trinajstić information content (AvgIpc) is 2.31. The number of nitrogens with zero attached hydrogens (tertiary/aromatic N) is 1. The number of carbonyl (C=O) groups is 1. The maximum Gasteiger partial charge on any atom is 0.389 e. The molecule has 0 aromatic rings. The lowest BCUT2D eigenvalue weighted by Gasteiger charge is -2.29. The molecule has 2 N–H and O–H groups in total. The van der Waals surface area contributed by atoms with Crippen LogP contribution in [0, 0.1) is 0 Å². The van der Waals surface area contributed by atoms with Gasteiger partial charge < -0.3 is 15.3 Å². The molecule has 0 aliphatic carbocycles. The Morgan fingerprint density at radius 1 is 1.42 bits per heavy atom. The molecular weight excluding hydrogens is 261 g/mol. The third kappa shape index (κ3) is 8.05. The number of halogens is 3. The smallest absolute Gasteiger partial charge is 0.389 e. The topological polar surface area (TPSA) is 52.6 Å². The number of nitrogens with one attached hydrogen (secondary N) is 1. The summed E-state index contributed by atoms with van der Waals surface area (Å²) in [6.45, 7) is 2.70. The maximum absolute atomic E-state index is 11.9. The van der Waals surface area contributed by atoms with Crippen LogP contribution in [0.15, 0.2) is 0 Å². The van der Waals surface area contributed by atoms with Gasteiger partial charge in [-0.05, 0) is 32.4 Å². The van der Waals surface area contributed by atoms with E-state index in [1.807, 2.05) is 0 Å². The Labute approximate surface area is 111 Å². The molecule has 19 heavy (non-hydrogen) atoms. The summed E-state index contributed by atoms with van der Waals surface area (Å²) in [5, 5.41) is 11.9. The summed E-state index contributed by atoms with van der Waals surface area (Å²) in [4.78, 5) is 13.2.